The zero-order chi connectivity index (χ0) is 20.1. The SMILES string of the molecule is COc1cccc(OC)c1C(=O)OCC(=O)Nc1sc2c(c1C#N)CCCC2. The second kappa shape index (κ2) is 8.76. The van der Waals surface area contributed by atoms with Crippen molar-refractivity contribution in [1.82, 2.24) is 0 Å². The molecule has 0 fully saturated rings. The molecule has 1 aliphatic carbocycles. The lowest BCUT2D eigenvalue weighted by atomic mass is 9.96. The highest BCUT2D eigenvalue weighted by Crippen LogP contribution is 2.37. The molecule has 2 aromatic rings. The van der Waals surface area contributed by atoms with Gasteiger partial charge in [0, 0.05) is 4.88 Å². The number of nitriles is 1. The number of benzene rings is 1. The van der Waals surface area contributed by atoms with Gasteiger partial charge >= 0.3 is 5.97 Å². The van der Waals surface area contributed by atoms with E-state index in [1.807, 2.05) is 0 Å². The molecule has 1 aromatic heterocycles. The van der Waals surface area contributed by atoms with Crippen molar-refractivity contribution < 1.29 is 23.8 Å². The number of aryl methyl sites for hydroxylation is 1. The predicted octanol–water partition coefficient (Wildman–Crippen LogP) is 3.31. The van der Waals surface area contributed by atoms with Crippen LogP contribution in [0, 0.1) is 11.3 Å². The number of esters is 1. The lowest BCUT2D eigenvalue weighted by Crippen LogP contribution is -2.21. The van der Waals surface area contributed by atoms with Crippen molar-refractivity contribution in [2.45, 2.75) is 25.7 Å². The average molecular weight is 400 g/mol. The van der Waals surface area contributed by atoms with Gasteiger partial charge in [-0.2, -0.15) is 5.26 Å². The molecule has 1 amide bonds. The molecule has 146 valence electrons. The highest BCUT2D eigenvalue weighted by molar-refractivity contribution is 7.16. The molecule has 1 heterocycles. The van der Waals surface area contributed by atoms with E-state index in [-0.39, 0.29) is 5.56 Å². The van der Waals surface area contributed by atoms with Crippen LogP contribution in [0.5, 0.6) is 11.5 Å². The van der Waals surface area contributed by atoms with E-state index in [0.717, 1.165) is 36.1 Å². The molecule has 0 aliphatic heterocycles. The molecule has 1 aliphatic rings. The molecule has 0 saturated heterocycles. The Labute approximate surface area is 166 Å². The van der Waals surface area contributed by atoms with Gasteiger partial charge in [0.05, 0.1) is 19.8 Å². The minimum atomic E-state index is -0.726. The molecule has 0 atom stereocenters. The van der Waals surface area contributed by atoms with Gasteiger partial charge in [-0.1, -0.05) is 6.07 Å². The topological polar surface area (TPSA) is 97.7 Å². The first-order chi connectivity index (χ1) is 13.6. The first kappa shape index (κ1) is 19.7. The van der Waals surface area contributed by atoms with Crippen molar-refractivity contribution >= 4 is 28.2 Å². The fourth-order valence-corrected chi connectivity index (χ4v) is 4.45. The lowest BCUT2D eigenvalue weighted by molar-refractivity contribution is -0.119. The summed E-state index contributed by atoms with van der Waals surface area (Å²) < 4.78 is 15.5. The number of hydrogen-bond donors (Lipinski definition) is 1. The molecule has 1 N–H and O–H groups in total. The summed E-state index contributed by atoms with van der Waals surface area (Å²) in [5, 5.41) is 12.7. The first-order valence-electron chi connectivity index (χ1n) is 8.81. The van der Waals surface area contributed by atoms with Crippen LogP contribution in [-0.2, 0) is 22.4 Å². The molecular formula is C20H20N2O5S. The number of rotatable bonds is 6. The molecule has 3 rings (SSSR count). The number of carbonyl (C=O) groups excluding carboxylic acids is 2. The standard InChI is InChI=1S/C20H20N2O5S/c1-25-14-7-5-8-15(26-2)18(14)20(24)27-11-17(23)22-19-13(10-21)12-6-3-4-9-16(12)28-19/h5,7-8H,3-4,6,9,11H2,1-2H3,(H,22,23). The van der Waals surface area contributed by atoms with E-state index in [1.165, 1.54) is 25.6 Å². The Morgan fingerprint density at radius 2 is 1.86 bits per heavy atom. The van der Waals surface area contributed by atoms with E-state index in [0.29, 0.717) is 22.1 Å². The molecule has 0 bridgehead atoms. The molecule has 0 spiro atoms. The van der Waals surface area contributed by atoms with Gasteiger partial charge in [-0.05, 0) is 43.4 Å². The van der Waals surface area contributed by atoms with Gasteiger partial charge in [-0.3, -0.25) is 4.79 Å². The highest BCUT2D eigenvalue weighted by Gasteiger charge is 2.23. The molecule has 28 heavy (non-hydrogen) atoms. The zero-order valence-electron chi connectivity index (χ0n) is 15.7. The van der Waals surface area contributed by atoms with Gasteiger partial charge in [0.1, 0.15) is 28.1 Å². The van der Waals surface area contributed by atoms with Gasteiger partial charge in [-0.15, -0.1) is 11.3 Å². The van der Waals surface area contributed by atoms with E-state index in [2.05, 4.69) is 11.4 Å². The van der Waals surface area contributed by atoms with Crippen LogP contribution >= 0.6 is 11.3 Å². The molecule has 0 radical (unpaired) electrons. The van der Waals surface area contributed by atoms with Crippen LogP contribution in [0.15, 0.2) is 18.2 Å². The van der Waals surface area contributed by atoms with Crippen LogP contribution < -0.4 is 14.8 Å². The number of methoxy groups -OCH3 is 2. The number of nitrogens with zero attached hydrogens (tertiary/aromatic N) is 1. The van der Waals surface area contributed by atoms with Crippen LogP contribution in [0.4, 0.5) is 5.00 Å². The van der Waals surface area contributed by atoms with Gasteiger partial charge in [0.2, 0.25) is 0 Å². The number of ether oxygens (including phenoxy) is 3. The monoisotopic (exact) mass is 400 g/mol. The number of anilines is 1. The maximum absolute atomic E-state index is 12.4. The third-order valence-corrected chi connectivity index (χ3v) is 5.71. The molecule has 0 saturated carbocycles. The average Bonchev–Trinajstić information content (AvgIpc) is 3.07. The lowest BCUT2D eigenvalue weighted by Gasteiger charge is -2.12. The Morgan fingerprint density at radius 3 is 2.50 bits per heavy atom. The maximum atomic E-state index is 12.4. The summed E-state index contributed by atoms with van der Waals surface area (Å²) in [7, 11) is 2.86. The third-order valence-electron chi connectivity index (χ3n) is 4.50. The Hall–Kier alpha value is -3.05. The van der Waals surface area contributed by atoms with Crippen molar-refractivity contribution in [3.05, 3.63) is 39.8 Å². The summed E-state index contributed by atoms with van der Waals surface area (Å²) in [5.74, 6) is -0.641. The Balaban J connectivity index is 1.68. The normalized spacial score (nSPS) is 12.5. The van der Waals surface area contributed by atoms with E-state index in [1.54, 1.807) is 18.2 Å². The van der Waals surface area contributed by atoms with E-state index in [4.69, 9.17) is 14.2 Å². The number of amides is 1. The van der Waals surface area contributed by atoms with Crippen LogP contribution in [0.1, 0.15) is 39.2 Å². The van der Waals surface area contributed by atoms with Crippen molar-refractivity contribution in [2.75, 3.05) is 26.1 Å². The molecule has 7 nitrogen and oxygen atoms in total. The Morgan fingerprint density at radius 1 is 1.18 bits per heavy atom. The fraction of sp³-hybridized carbons (Fsp3) is 0.350. The van der Waals surface area contributed by atoms with Gasteiger partial charge < -0.3 is 19.5 Å². The number of thiophene rings is 1. The minimum absolute atomic E-state index is 0.115. The quantitative estimate of drug-likeness (QED) is 0.747. The molecular weight excluding hydrogens is 380 g/mol. The highest BCUT2D eigenvalue weighted by atomic mass is 32.1. The number of hydrogen-bond acceptors (Lipinski definition) is 7. The Bertz CT molecular complexity index is 923. The molecule has 8 heteroatoms. The summed E-state index contributed by atoms with van der Waals surface area (Å²) in [4.78, 5) is 25.9. The molecule has 0 unspecified atom stereocenters. The summed E-state index contributed by atoms with van der Waals surface area (Å²) in [6, 6.07) is 7.08. The van der Waals surface area contributed by atoms with Gasteiger partial charge in [-0.25, -0.2) is 4.79 Å². The Kier molecular flexibility index (Phi) is 6.16. The smallest absolute Gasteiger partial charge is 0.346 e. The van der Waals surface area contributed by atoms with Crippen LogP contribution in [0.25, 0.3) is 0 Å². The largest absolute Gasteiger partial charge is 0.496 e. The third kappa shape index (κ3) is 3.94. The van der Waals surface area contributed by atoms with Crippen LogP contribution in [0.3, 0.4) is 0 Å². The summed E-state index contributed by atoms with van der Waals surface area (Å²) in [6.07, 6.45) is 3.91. The number of carbonyl (C=O) groups is 2. The van der Waals surface area contributed by atoms with Crippen LogP contribution in [0.2, 0.25) is 0 Å². The van der Waals surface area contributed by atoms with Crippen molar-refractivity contribution in [2.24, 2.45) is 0 Å². The summed E-state index contributed by atoms with van der Waals surface area (Å²) >= 11 is 1.42. The van der Waals surface area contributed by atoms with Gasteiger partial charge in [0.25, 0.3) is 5.91 Å². The van der Waals surface area contributed by atoms with E-state index >= 15 is 0 Å². The minimum Gasteiger partial charge on any atom is -0.496 e. The van der Waals surface area contributed by atoms with Crippen molar-refractivity contribution in [3.63, 3.8) is 0 Å². The second-order valence-electron chi connectivity index (χ2n) is 6.19. The van der Waals surface area contributed by atoms with Crippen LogP contribution in [-0.4, -0.2) is 32.7 Å². The number of fused-ring (bicyclic) bond motifs is 1. The zero-order valence-corrected chi connectivity index (χ0v) is 16.5. The van der Waals surface area contributed by atoms with E-state index in [9.17, 15) is 14.9 Å². The fourth-order valence-electron chi connectivity index (χ4n) is 3.19. The molecule has 1 aromatic carbocycles. The summed E-state index contributed by atoms with van der Waals surface area (Å²) in [5.41, 5.74) is 1.67. The second-order valence-corrected chi connectivity index (χ2v) is 7.29. The van der Waals surface area contributed by atoms with Gasteiger partial charge in [0.15, 0.2) is 6.61 Å². The predicted molar refractivity (Wildman–Crippen MR) is 104 cm³/mol. The number of nitrogens with one attached hydrogen (secondary N) is 1. The van der Waals surface area contributed by atoms with Crippen molar-refractivity contribution in [3.8, 4) is 17.6 Å². The summed E-state index contributed by atoms with van der Waals surface area (Å²) in [6.45, 7) is -0.479. The van der Waals surface area contributed by atoms with Crippen molar-refractivity contribution in [1.29, 1.82) is 5.26 Å². The van der Waals surface area contributed by atoms with E-state index < -0.39 is 18.5 Å². The maximum Gasteiger partial charge on any atom is 0.346 e. The first-order valence-corrected chi connectivity index (χ1v) is 9.63.